The topological polar surface area (TPSA) is 67.4 Å². The van der Waals surface area contributed by atoms with Gasteiger partial charge >= 0.3 is 0 Å². The average Bonchev–Trinajstić information content (AvgIpc) is 2.58. The molecule has 0 bridgehead atoms. The largest absolute Gasteiger partial charge is 0.383 e. The van der Waals surface area contributed by atoms with Gasteiger partial charge in [0.15, 0.2) is 0 Å². The molecule has 1 saturated carbocycles. The third-order valence-electron chi connectivity index (χ3n) is 4.73. The molecule has 5 nitrogen and oxygen atoms in total. The zero-order valence-corrected chi connectivity index (χ0v) is 14.9. The number of nitrogens with one attached hydrogen (secondary N) is 2. The number of methoxy groups -OCH3 is 1. The van der Waals surface area contributed by atoms with Gasteiger partial charge < -0.3 is 15.4 Å². The van der Waals surface area contributed by atoms with Gasteiger partial charge in [0, 0.05) is 31.2 Å². The van der Waals surface area contributed by atoms with Gasteiger partial charge in [0.2, 0.25) is 11.8 Å². The van der Waals surface area contributed by atoms with E-state index in [2.05, 4.69) is 10.6 Å². The van der Waals surface area contributed by atoms with E-state index >= 15 is 0 Å². The fraction of sp³-hybridized carbons (Fsp3) is 0.579. The lowest BCUT2D eigenvalue weighted by Crippen LogP contribution is -2.36. The molecule has 2 amide bonds. The van der Waals surface area contributed by atoms with Gasteiger partial charge in [0.25, 0.3) is 0 Å². The molecule has 0 heterocycles. The predicted octanol–water partition coefficient (Wildman–Crippen LogP) is 2.81. The van der Waals surface area contributed by atoms with E-state index in [-0.39, 0.29) is 23.7 Å². The maximum atomic E-state index is 12.5. The SMILES string of the molecule is COCCNC(=O)C1CCC(C(=O)Nc2cc(C)ccc2C)CC1. The number of carbonyl (C=O) groups excluding carboxylic acids is 2. The summed E-state index contributed by atoms with van der Waals surface area (Å²) in [4.78, 5) is 24.5. The molecule has 2 rings (SSSR count). The first kappa shape index (κ1) is 18.5. The molecule has 1 fully saturated rings. The third kappa shape index (κ3) is 5.06. The minimum atomic E-state index is -0.00654. The molecule has 2 N–H and O–H groups in total. The van der Waals surface area contributed by atoms with E-state index in [0.717, 1.165) is 42.5 Å². The van der Waals surface area contributed by atoms with E-state index in [1.165, 1.54) is 0 Å². The van der Waals surface area contributed by atoms with Crippen LogP contribution in [0.15, 0.2) is 18.2 Å². The van der Waals surface area contributed by atoms with E-state index in [0.29, 0.717) is 13.2 Å². The maximum Gasteiger partial charge on any atom is 0.227 e. The van der Waals surface area contributed by atoms with Crippen LogP contribution in [-0.4, -0.2) is 32.1 Å². The molecular formula is C19H28N2O3. The van der Waals surface area contributed by atoms with E-state index < -0.39 is 0 Å². The van der Waals surface area contributed by atoms with E-state index in [1.807, 2.05) is 32.0 Å². The molecule has 1 aromatic rings. The summed E-state index contributed by atoms with van der Waals surface area (Å²) < 4.78 is 4.94. The fourth-order valence-electron chi connectivity index (χ4n) is 3.14. The first-order chi connectivity index (χ1) is 11.5. The molecule has 0 atom stereocenters. The molecule has 0 spiro atoms. The van der Waals surface area contributed by atoms with Crippen molar-refractivity contribution in [3.63, 3.8) is 0 Å². The number of hydrogen-bond acceptors (Lipinski definition) is 3. The van der Waals surface area contributed by atoms with Crippen LogP contribution in [0.25, 0.3) is 0 Å². The van der Waals surface area contributed by atoms with Crippen LogP contribution in [0, 0.1) is 25.7 Å². The van der Waals surface area contributed by atoms with Crippen LogP contribution in [0.4, 0.5) is 5.69 Å². The van der Waals surface area contributed by atoms with Crippen LogP contribution in [0.2, 0.25) is 0 Å². The second kappa shape index (κ2) is 8.83. The van der Waals surface area contributed by atoms with Crippen LogP contribution < -0.4 is 10.6 Å². The summed E-state index contributed by atoms with van der Waals surface area (Å²) in [6.45, 7) is 5.08. The van der Waals surface area contributed by atoms with Crippen LogP contribution in [-0.2, 0) is 14.3 Å². The Kier molecular flexibility index (Phi) is 6.79. The van der Waals surface area contributed by atoms with Gasteiger partial charge in [-0.15, -0.1) is 0 Å². The number of anilines is 1. The molecule has 0 aromatic heterocycles. The number of hydrogen-bond donors (Lipinski definition) is 2. The standard InChI is InChI=1S/C19H28N2O3/c1-13-4-5-14(2)17(12-13)21-19(23)16-8-6-15(7-9-16)18(22)20-10-11-24-3/h4-5,12,15-16H,6-11H2,1-3H3,(H,20,22)(H,21,23). The summed E-state index contributed by atoms with van der Waals surface area (Å²) in [6.07, 6.45) is 3.06. The van der Waals surface area contributed by atoms with Crippen molar-refractivity contribution in [3.8, 4) is 0 Å². The summed E-state index contributed by atoms with van der Waals surface area (Å²) >= 11 is 0. The summed E-state index contributed by atoms with van der Waals surface area (Å²) in [5.74, 6) is 0.168. The van der Waals surface area contributed by atoms with Crippen molar-refractivity contribution in [1.82, 2.24) is 5.32 Å². The van der Waals surface area contributed by atoms with Crippen molar-refractivity contribution in [2.75, 3.05) is 25.6 Å². The highest BCUT2D eigenvalue weighted by Gasteiger charge is 2.29. The van der Waals surface area contributed by atoms with Crippen LogP contribution >= 0.6 is 0 Å². The lowest BCUT2D eigenvalue weighted by Gasteiger charge is -2.27. The van der Waals surface area contributed by atoms with Gasteiger partial charge in [0.05, 0.1) is 6.61 Å². The van der Waals surface area contributed by atoms with Gasteiger partial charge in [-0.3, -0.25) is 9.59 Å². The Hall–Kier alpha value is -1.88. The smallest absolute Gasteiger partial charge is 0.227 e. The minimum absolute atomic E-state index is 0.00654. The molecule has 0 radical (unpaired) electrons. The predicted molar refractivity (Wildman–Crippen MR) is 94.9 cm³/mol. The van der Waals surface area contributed by atoms with Gasteiger partial charge in [-0.1, -0.05) is 12.1 Å². The first-order valence-electron chi connectivity index (χ1n) is 8.66. The van der Waals surface area contributed by atoms with Crippen LogP contribution in [0.1, 0.15) is 36.8 Å². The van der Waals surface area contributed by atoms with Crippen molar-refractivity contribution in [3.05, 3.63) is 29.3 Å². The second-order valence-corrected chi connectivity index (χ2v) is 6.64. The summed E-state index contributed by atoms with van der Waals surface area (Å²) in [6, 6.07) is 6.06. The molecular weight excluding hydrogens is 304 g/mol. The molecule has 1 aromatic carbocycles. The van der Waals surface area contributed by atoms with Gasteiger partial charge in [-0.05, 0) is 56.7 Å². The fourth-order valence-corrected chi connectivity index (χ4v) is 3.14. The summed E-state index contributed by atoms with van der Waals surface area (Å²) in [5.41, 5.74) is 3.09. The van der Waals surface area contributed by atoms with E-state index in [9.17, 15) is 9.59 Å². The zero-order valence-electron chi connectivity index (χ0n) is 14.9. The summed E-state index contributed by atoms with van der Waals surface area (Å²) in [5, 5.41) is 5.94. The number of benzene rings is 1. The minimum Gasteiger partial charge on any atom is -0.383 e. The van der Waals surface area contributed by atoms with Crippen molar-refractivity contribution in [1.29, 1.82) is 0 Å². The van der Waals surface area contributed by atoms with Crippen LogP contribution in [0.5, 0.6) is 0 Å². The summed E-state index contributed by atoms with van der Waals surface area (Å²) in [7, 11) is 1.62. The molecule has 5 heteroatoms. The molecule has 0 aliphatic heterocycles. The van der Waals surface area contributed by atoms with Gasteiger partial charge in [-0.25, -0.2) is 0 Å². The molecule has 0 saturated heterocycles. The highest BCUT2D eigenvalue weighted by atomic mass is 16.5. The molecule has 1 aliphatic carbocycles. The highest BCUT2D eigenvalue weighted by molar-refractivity contribution is 5.93. The monoisotopic (exact) mass is 332 g/mol. The number of rotatable bonds is 6. The normalized spacial score (nSPS) is 20.5. The Morgan fingerprint density at radius 1 is 1.08 bits per heavy atom. The van der Waals surface area contributed by atoms with Gasteiger partial charge in [0.1, 0.15) is 0 Å². The number of carbonyl (C=O) groups is 2. The Balaban J connectivity index is 1.82. The Morgan fingerprint density at radius 2 is 1.71 bits per heavy atom. The molecule has 24 heavy (non-hydrogen) atoms. The molecule has 0 unspecified atom stereocenters. The third-order valence-corrected chi connectivity index (χ3v) is 4.73. The van der Waals surface area contributed by atoms with Crippen molar-refractivity contribution < 1.29 is 14.3 Å². The second-order valence-electron chi connectivity index (χ2n) is 6.64. The van der Waals surface area contributed by atoms with E-state index in [4.69, 9.17) is 4.74 Å². The van der Waals surface area contributed by atoms with Crippen molar-refractivity contribution >= 4 is 17.5 Å². The first-order valence-corrected chi connectivity index (χ1v) is 8.66. The Morgan fingerprint density at radius 3 is 2.33 bits per heavy atom. The number of aryl methyl sites for hydroxylation is 2. The van der Waals surface area contributed by atoms with Crippen molar-refractivity contribution in [2.24, 2.45) is 11.8 Å². The van der Waals surface area contributed by atoms with Crippen molar-refractivity contribution in [2.45, 2.75) is 39.5 Å². The lowest BCUT2D eigenvalue weighted by atomic mass is 9.81. The lowest BCUT2D eigenvalue weighted by molar-refractivity contribution is -0.128. The quantitative estimate of drug-likeness (QED) is 0.787. The Labute approximate surface area is 144 Å². The average molecular weight is 332 g/mol. The zero-order chi connectivity index (χ0) is 17.5. The molecule has 132 valence electrons. The maximum absolute atomic E-state index is 12.5. The molecule has 1 aliphatic rings. The Bertz CT molecular complexity index is 578. The number of ether oxygens (including phenoxy) is 1. The number of amides is 2. The van der Waals surface area contributed by atoms with Gasteiger partial charge in [-0.2, -0.15) is 0 Å². The van der Waals surface area contributed by atoms with Crippen LogP contribution in [0.3, 0.4) is 0 Å². The van der Waals surface area contributed by atoms with E-state index in [1.54, 1.807) is 7.11 Å². The highest BCUT2D eigenvalue weighted by Crippen LogP contribution is 2.30.